The summed E-state index contributed by atoms with van der Waals surface area (Å²) in [5, 5.41) is 2.90. The van der Waals surface area contributed by atoms with Crippen LogP contribution in [-0.4, -0.2) is 18.1 Å². The van der Waals surface area contributed by atoms with Crippen LogP contribution in [-0.2, 0) is 6.42 Å². The van der Waals surface area contributed by atoms with Crippen LogP contribution in [0.1, 0.15) is 18.9 Å². The van der Waals surface area contributed by atoms with Crippen LogP contribution < -0.4 is 10.2 Å². The average molecular weight is 289 g/mol. The van der Waals surface area contributed by atoms with E-state index in [4.69, 9.17) is 0 Å². The van der Waals surface area contributed by atoms with Gasteiger partial charge in [-0.05, 0) is 24.5 Å². The van der Waals surface area contributed by atoms with Gasteiger partial charge in [0.2, 0.25) is 0 Å². The van der Waals surface area contributed by atoms with Crippen molar-refractivity contribution in [3.63, 3.8) is 0 Å². The summed E-state index contributed by atoms with van der Waals surface area (Å²) in [5.41, 5.74) is 2.10. The van der Waals surface area contributed by atoms with Gasteiger partial charge in [-0.15, -0.1) is 0 Å². The molecule has 21 heavy (non-hydrogen) atoms. The Hall–Kier alpha value is -2.17. The number of nitrogens with zero attached hydrogens (tertiary/aromatic N) is 2. The van der Waals surface area contributed by atoms with Crippen LogP contribution in [0, 0.1) is 11.6 Å². The van der Waals surface area contributed by atoms with Crippen LogP contribution >= 0.6 is 0 Å². The Morgan fingerprint density at radius 3 is 2.86 bits per heavy atom. The molecule has 1 N–H and O–H groups in total. The molecule has 1 aliphatic rings. The van der Waals surface area contributed by atoms with Gasteiger partial charge in [0.05, 0.1) is 0 Å². The van der Waals surface area contributed by atoms with Gasteiger partial charge in [0.1, 0.15) is 0 Å². The molecule has 5 heteroatoms. The highest BCUT2D eigenvalue weighted by atomic mass is 19.1. The molecule has 0 radical (unpaired) electrons. The molecule has 1 aliphatic heterocycles. The second kappa shape index (κ2) is 5.68. The molecule has 2 heterocycles. The number of rotatable bonds is 4. The summed E-state index contributed by atoms with van der Waals surface area (Å²) in [4.78, 5) is 5.96. The van der Waals surface area contributed by atoms with Crippen LogP contribution in [0.3, 0.4) is 0 Å². The summed E-state index contributed by atoms with van der Waals surface area (Å²) in [6.45, 7) is 3.24. The van der Waals surface area contributed by atoms with E-state index in [2.05, 4.69) is 10.3 Å². The van der Waals surface area contributed by atoms with Crippen LogP contribution in [0.4, 0.5) is 26.1 Å². The van der Waals surface area contributed by atoms with Gasteiger partial charge >= 0.3 is 0 Å². The van der Waals surface area contributed by atoms with E-state index in [0.717, 1.165) is 30.2 Å². The van der Waals surface area contributed by atoms with Gasteiger partial charge in [0, 0.05) is 24.8 Å². The average Bonchev–Trinajstić information content (AvgIpc) is 2.90. The Kier molecular flexibility index (Phi) is 3.73. The fourth-order valence-electron chi connectivity index (χ4n) is 2.57. The van der Waals surface area contributed by atoms with E-state index in [1.807, 2.05) is 31.2 Å². The Morgan fingerprint density at radius 2 is 2.05 bits per heavy atom. The molecular weight excluding hydrogens is 272 g/mol. The number of hydrogen-bond acceptors (Lipinski definition) is 3. The number of benzene rings is 1. The first-order valence-electron chi connectivity index (χ1n) is 7.16. The lowest BCUT2D eigenvalue weighted by Gasteiger charge is -2.20. The summed E-state index contributed by atoms with van der Waals surface area (Å²) in [5.74, 6) is -0.999. The van der Waals surface area contributed by atoms with E-state index in [-0.39, 0.29) is 11.6 Å². The highest BCUT2D eigenvalue weighted by Crippen LogP contribution is 2.35. The molecule has 0 bridgehead atoms. The first kappa shape index (κ1) is 13.8. The number of nitrogens with one attached hydrogen (secondary N) is 1. The molecular formula is C16H17F2N3. The second-order valence-corrected chi connectivity index (χ2v) is 5.08. The Balaban J connectivity index is 1.99. The monoisotopic (exact) mass is 289 g/mol. The third-order valence-corrected chi connectivity index (χ3v) is 3.60. The first-order chi connectivity index (χ1) is 10.2. The number of anilines is 3. The van der Waals surface area contributed by atoms with Crippen molar-refractivity contribution in [3.8, 4) is 0 Å². The summed E-state index contributed by atoms with van der Waals surface area (Å²) >= 11 is 0. The molecule has 3 nitrogen and oxygen atoms in total. The van der Waals surface area contributed by atoms with Crippen molar-refractivity contribution in [1.29, 1.82) is 0 Å². The first-order valence-corrected chi connectivity index (χ1v) is 7.16. The second-order valence-electron chi connectivity index (χ2n) is 5.08. The van der Waals surface area contributed by atoms with E-state index in [1.54, 1.807) is 4.90 Å². The lowest BCUT2D eigenvalue weighted by atomic mass is 10.2. The van der Waals surface area contributed by atoms with Gasteiger partial charge < -0.3 is 10.2 Å². The molecule has 0 atom stereocenters. The van der Waals surface area contributed by atoms with Crippen molar-refractivity contribution < 1.29 is 8.78 Å². The fraction of sp³-hybridized carbons (Fsp3) is 0.312. The van der Waals surface area contributed by atoms with Gasteiger partial charge in [0.15, 0.2) is 23.3 Å². The lowest BCUT2D eigenvalue weighted by molar-refractivity contribution is 0.574. The Morgan fingerprint density at radius 1 is 1.24 bits per heavy atom. The summed E-state index contributed by atoms with van der Waals surface area (Å²) in [6.07, 6.45) is 1.69. The zero-order valence-electron chi connectivity index (χ0n) is 11.9. The zero-order valence-corrected chi connectivity index (χ0v) is 11.9. The molecule has 0 aliphatic carbocycles. The molecule has 0 fully saturated rings. The Bertz CT molecular complexity index is 658. The summed E-state index contributed by atoms with van der Waals surface area (Å²) in [7, 11) is 0. The third kappa shape index (κ3) is 2.55. The van der Waals surface area contributed by atoms with Gasteiger partial charge in [-0.3, -0.25) is 0 Å². The van der Waals surface area contributed by atoms with E-state index in [0.29, 0.717) is 13.1 Å². The minimum atomic E-state index is -0.655. The summed E-state index contributed by atoms with van der Waals surface area (Å²) < 4.78 is 27.9. The van der Waals surface area contributed by atoms with Crippen molar-refractivity contribution in [3.05, 3.63) is 47.5 Å². The van der Waals surface area contributed by atoms with E-state index in [1.165, 1.54) is 0 Å². The predicted molar refractivity (Wildman–Crippen MR) is 80.1 cm³/mol. The van der Waals surface area contributed by atoms with Crippen molar-refractivity contribution in [2.45, 2.75) is 19.8 Å². The Labute approximate surface area is 122 Å². The van der Waals surface area contributed by atoms with Crippen LogP contribution in [0.2, 0.25) is 0 Å². The molecule has 0 spiro atoms. The van der Waals surface area contributed by atoms with Crippen LogP contribution in [0.15, 0.2) is 30.3 Å². The van der Waals surface area contributed by atoms with Crippen molar-refractivity contribution in [2.75, 3.05) is 23.3 Å². The molecule has 0 unspecified atom stereocenters. The maximum Gasteiger partial charge on any atom is 0.171 e. The van der Waals surface area contributed by atoms with Crippen molar-refractivity contribution >= 4 is 17.3 Å². The number of para-hydroxylation sites is 1. The van der Waals surface area contributed by atoms with Gasteiger partial charge in [-0.2, -0.15) is 0 Å². The minimum absolute atomic E-state index is 0.109. The SMILES string of the molecule is CCCNc1nc(N2CCc3ccccc32)c(F)cc1F. The van der Waals surface area contributed by atoms with Gasteiger partial charge in [-0.1, -0.05) is 25.1 Å². The molecule has 3 rings (SSSR count). The molecule has 110 valence electrons. The third-order valence-electron chi connectivity index (χ3n) is 3.60. The van der Waals surface area contributed by atoms with Gasteiger partial charge in [-0.25, -0.2) is 13.8 Å². The molecule has 0 amide bonds. The van der Waals surface area contributed by atoms with Gasteiger partial charge in [0.25, 0.3) is 0 Å². The number of halogens is 2. The highest BCUT2D eigenvalue weighted by molar-refractivity contribution is 5.68. The number of hydrogen-bond donors (Lipinski definition) is 1. The van der Waals surface area contributed by atoms with Crippen LogP contribution in [0.25, 0.3) is 0 Å². The molecule has 0 saturated carbocycles. The molecule has 2 aromatic rings. The maximum absolute atomic E-state index is 14.1. The van der Waals surface area contributed by atoms with Crippen molar-refractivity contribution in [1.82, 2.24) is 4.98 Å². The summed E-state index contributed by atoms with van der Waals surface area (Å²) in [6, 6.07) is 8.74. The minimum Gasteiger partial charge on any atom is -0.368 e. The normalized spacial score (nSPS) is 13.4. The predicted octanol–water partition coefficient (Wildman–Crippen LogP) is 3.88. The number of fused-ring (bicyclic) bond motifs is 1. The van der Waals surface area contributed by atoms with E-state index in [9.17, 15) is 8.78 Å². The molecule has 0 saturated heterocycles. The largest absolute Gasteiger partial charge is 0.368 e. The van der Waals surface area contributed by atoms with Crippen LogP contribution in [0.5, 0.6) is 0 Å². The molecule has 1 aromatic carbocycles. The number of pyridine rings is 1. The van der Waals surface area contributed by atoms with E-state index >= 15 is 0 Å². The fourth-order valence-corrected chi connectivity index (χ4v) is 2.57. The quantitative estimate of drug-likeness (QED) is 0.926. The standard InChI is InChI=1S/C16H17F2N3/c1-2-8-19-15-12(17)10-13(18)16(20-15)21-9-7-11-5-3-4-6-14(11)21/h3-6,10H,2,7-9H2,1H3,(H,19,20). The lowest BCUT2D eigenvalue weighted by Crippen LogP contribution is -2.18. The highest BCUT2D eigenvalue weighted by Gasteiger charge is 2.24. The molecule has 1 aromatic heterocycles. The topological polar surface area (TPSA) is 28.2 Å². The van der Waals surface area contributed by atoms with Crippen molar-refractivity contribution in [2.24, 2.45) is 0 Å². The zero-order chi connectivity index (χ0) is 14.8. The smallest absolute Gasteiger partial charge is 0.171 e. The van der Waals surface area contributed by atoms with E-state index < -0.39 is 11.6 Å². The maximum atomic E-state index is 14.1. The number of aromatic nitrogens is 1.